The summed E-state index contributed by atoms with van der Waals surface area (Å²) in [6.07, 6.45) is 3.59. The number of para-hydroxylation sites is 1. The molecule has 0 radical (unpaired) electrons. The summed E-state index contributed by atoms with van der Waals surface area (Å²) in [5.41, 5.74) is 9.27. The third kappa shape index (κ3) is 2.26. The van der Waals surface area contributed by atoms with Crippen LogP contribution in [0.4, 0.5) is 11.4 Å². The fraction of sp³-hybridized carbons (Fsp3) is 0.158. The van der Waals surface area contributed by atoms with Crippen molar-refractivity contribution in [3.8, 4) is 0 Å². The first-order valence-electron chi connectivity index (χ1n) is 8.03. The van der Waals surface area contributed by atoms with Crippen LogP contribution < -0.4 is 15.5 Å². The van der Waals surface area contributed by atoms with E-state index in [-0.39, 0.29) is 23.8 Å². The Kier molecular flexibility index (Phi) is 3.46. The molecule has 2 aromatic carbocycles. The van der Waals surface area contributed by atoms with E-state index in [2.05, 4.69) is 22.2 Å². The molecule has 2 heterocycles. The number of nitrogens with zero attached hydrogens (tertiary/aromatic N) is 3. The Hall–Kier alpha value is -3.28. The van der Waals surface area contributed by atoms with Gasteiger partial charge in [-0.25, -0.2) is 0 Å². The number of likely N-dealkylation sites (N-methyl/N-ethyl adjacent to an activating group) is 1. The number of carbonyl (C=O) groups excluding carboxylic acids is 1. The molecule has 0 bridgehead atoms. The predicted molar refractivity (Wildman–Crippen MR) is 97.0 cm³/mol. The molecule has 6 nitrogen and oxygen atoms in total. The van der Waals surface area contributed by atoms with E-state index in [1.54, 1.807) is 18.2 Å². The van der Waals surface area contributed by atoms with Crippen molar-refractivity contribution in [2.45, 2.75) is 12.1 Å². The van der Waals surface area contributed by atoms with Gasteiger partial charge in [0.05, 0.1) is 12.1 Å². The maximum atomic E-state index is 12.7. The van der Waals surface area contributed by atoms with Crippen LogP contribution in [0.25, 0.3) is 0 Å². The maximum absolute atomic E-state index is 12.7. The SMILES string of the molecule is CN1c2ccccc2C2C1C=CC(=O)N2c1ccc(/C(N)=N/O)cc1. The van der Waals surface area contributed by atoms with E-state index < -0.39 is 0 Å². The lowest BCUT2D eigenvalue weighted by Crippen LogP contribution is -2.45. The van der Waals surface area contributed by atoms with Gasteiger partial charge >= 0.3 is 0 Å². The van der Waals surface area contributed by atoms with Crippen LogP contribution in [0.5, 0.6) is 0 Å². The smallest absolute Gasteiger partial charge is 0.251 e. The van der Waals surface area contributed by atoms with Gasteiger partial charge in [0.25, 0.3) is 5.91 Å². The van der Waals surface area contributed by atoms with Crippen molar-refractivity contribution in [1.82, 2.24) is 0 Å². The van der Waals surface area contributed by atoms with Gasteiger partial charge in [0.2, 0.25) is 0 Å². The van der Waals surface area contributed by atoms with Crippen LogP contribution >= 0.6 is 0 Å². The van der Waals surface area contributed by atoms with Crippen LogP contribution in [-0.4, -0.2) is 30.0 Å². The maximum Gasteiger partial charge on any atom is 0.251 e. The molecule has 2 atom stereocenters. The van der Waals surface area contributed by atoms with Gasteiger partial charge in [0, 0.05) is 35.6 Å². The number of anilines is 2. The Morgan fingerprint density at radius 3 is 2.60 bits per heavy atom. The van der Waals surface area contributed by atoms with Gasteiger partial charge in [-0.3, -0.25) is 9.69 Å². The first-order valence-corrected chi connectivity index (χ1v) is 8.03. The molecular weight excluding hydrogens is 316 g/mol. The number of oxime groups is 1. The number of hydrogen-bond acceptors (Lipinski definition) is 4. The van der Waals surface area contributed by atoms with Crippen LogP contribution in [-0.2, 0) is 4.79 Å². The van der Waals surface area contributed by atoms with Gasteiger partial charge in [0.1, 0.15) is 0 Å². The Bertz CT molecular complexity index is 889. The molecule has 0 saturated heterocycles. The van der Waals surface area contributed by atoms with Crippen molar-refractivity contribution in [2.75, 3.05) is 16.8 Å². The normalized spacial score (nSPS) is 22.1. The Balaban J connectivity index is 1.79. The minimum atomic E-state index is -0.0756. The zero-order valence-corrected chi connectivity index (χ0v) is 13.7. The van der Waals surface area contributed by atoms with E-state index in [1.807, 2.05) is 42.3 Å². The lowest BCUT2D eigenvalue weighted by atomic mass is 9.96. The lowest BCUT2D eigenvalue weighted by Gasteiger charge is -2.36. The third-order valence-corrected chi connectivity index (χ3v) is 4.91. The topological polar surface area (TPSA) is 82.2 Å². The van der Waals surface area contributed by atoms with Gasteiger partial charge < -0.3 is 15.8 Å². The van der Waals surface area contributed by atoms with E-state index in [9.17, 15) is 4.79 Å². The number of amides is 1. The van der Waals surface area contributed by atoms with E-state index in [1.165, 1.54) is 0 Å². The Morgan fingerprint density at radius 1 is 1.16 bits per heavy atom. The van der Waals surface area contributed by atoms with E-state index in [4.69, 9.17) is 10.9 Å². The predicted octanol–water partition coefficient (Wildman–Crippen LogP) is 2.24. The molecule has 2 aliphatic rings. The van der Waals surface area contributed by atoms with Crippen LogP contribution in [0.1, 0.15) is 17.2 Å². The number of carbonyl (C=O) groups is 1. The van der Waals surface area contributed by atoms with Crippen molar-refractivity contribution in [3.63, 3.8) is 0 Å². The van der Waals surface area contributed by atoms with Crippen molar-refractivity contribution in [3.05, 3.63) is 71.8 Å². The van der Waals surface area contributed by atoms with Gasteiger partial charge in [-0.1, -0.05) is 29.4 Å². The van der Waals surface area contributed by atoms with Crippen LogP contribution in [0.2, 0.25) is 0 Å². The van der Waals surface area contributed by atoms with Gasteiger partial charge in [0.15, 0.2) is 5.84 Å². The first-order chi connectivity index (χ1) is 12.1. The van der Waals surface area contributed by atoms with E-state index in [0.717, 1.165) is 16.9 Å². The molecule has 1 amide bonds. The summed E-state index contributed by atoms with van der Waals surface area (Å²) >= 11 is 0. The third-order valence-electron chi connectivity index (χ3n) is 4.91. The molecule has 4 rings (SSSR count). The summed E-state index contributed by atoms with van der Waals surface area (Å²) in [5, 5.41) is 11.8. The fourth-order valence-electron chi connectivity index (χ4n) is 3.68. The number of nitrogens with two attached hydrogens (primary N) is 1. The van der Waals surface area contributed by atoms with Crippen molar-refractivity contribution in [1.29, 1.82) is 0 Å². The number of fused-ring (bicyclic) bond motifs is 3. The molecule has 6 heteroatoms. The fourth-order valence-corrected chi connectivity index (χ4v) is 3.68. The van der Waals surface area contributed by atoms with Gasteiger partial charge in [-0.2, -0.15) is 0 Å². The molecule has 0 saturated carbocycles. The molecule has 0 fully saturated rings. The number of amidine groups is 1. The largest absolute Gasteiger partial charge is 0.409 e. The lowest BCUT2D eigenvalue weighted by molar-refractivity contribution is -0.115. The molecule has 126 valence electrons. The van der Waals surface area contributed by atoms with Crippen LogP contribution in [0.3, 0.4) is 0 Å². The highest BCUT2D eigenvalue weighted by Gasteiger charge is 2.43. The highest BCUT2D eigenvalue weighted by Crippen LogP contribution is 2.45. The molecule has 0 spiro atoms. The highest BCUT2D eigenvalue weighted by molar-refractivity contribution is 6.05. The number of hydrogen-bond donors (Lipinski definition) is 2. The Labute approximate surface area is 145 Å². The second-order valence-electron chi connectivity index (χ2n) is 6.20. The van der Waals surface area contributed by atoms with Crippen LogP contribution in [0.15, 0.2) is 65.8 Å². The second-order valence-corrected chi connectivity index (χ2v) is 6.20. The minimum Gasteiger partial charge on any atom is -0.409 e. The molecule has 0 aromatic heterocycles. The first kappa shape index (κ1) is 15.3. The second kappa shape index (κ2) is 5.66. The van der Waals surface area contributed by atoms with Crippen molar-refractivity contribution in [2.24, 2.45) is 10.9 Å². The molecule has 0 aliphatic carbocycles. The zero-order valence-electron chi connectivity index (χ0n) is 13.7. The molecule has 3 N–H and O–H groups in total. The summed E-state index contributed by atoms with van der Waals surface area (Å²) in [6, 6.07) is 15.3. The summed E-state index contributed by atoms with van der Waals surface area (Å²) in [5.74, 6) is -0.0110. The molecule has 2 aromatic rings. The van der Waals surface area contributed by atoms with Crippen LogP contribution in [0, 0.1) is 0 Å². The molecular formula is C19H18N4O2. The summed E-state index contributed by atoms with van der Waals surface area (Å²) in [6.45, 7) is 0. The van der Waals surface area contributed by atoms with Gasteiger partial charge in [-0.15, -0.1) is 0 Å². The standard InChI is InChI=1S/C19H18N4O2/c1-22-15-5-3-2-4-14(15)18-16(22)10-11-17(24)23(18)13-8-6-12(7-9-13)19(20)21-25/h2-11,16,18,25H,1H3,(H2,20,21). The van der Waals surface area contributed by atoms with E-state index >= 15 is 0 Å². The van der Waals surface area contributed by atoms with Crippen molar-refractivity contribution < 1.29 is 10.0 Å². The summed E-state index contributed by atoms with van der Waals surface area (Å²) in [7, 11) is 2.04. The monoisotopic (exact) mass is 334 g/mol. The quantitative estimate of drug-likeness (QED) is 0.382. The average molecular weight is 334 g/mol. The molecule has 2 aliphatic heterocycles. The number of rotatable bonds is 2. The number of benzene rings is 2. The summed E-state index contributed by atoms with van der Waals surface area (Å²) in [4.78, 5) is 16.7. The van der Waals surface area contributed by atoms with Gasteiger partial charge in [-0.05, 0) is 30.3 Å². The molecule has 25 heavy (non-hydrogen) atoms. The van der Waals surface area contributed by atoms with E-state index in [0.29, 0.717) is 5.56 Å². The zero-order chi connectivity index (χ0) is 17.6. The minimum absolute atomic E-state index is 0.0419. The average Bonchev–Trinajstić information content (AvgIpc) is 2.94. The Morgan fingerprint density at radius 2 is 1.88 bits per heavy atom. The molecule has 2 unspecified atom stereocenters. The van der Waals surface area contributed by atoms with Crippen molar-refractivity contribution >= 4 is 23.1 Å². The highest BCUT2D eigenvalue weighted by atomic mass is 16.4. The summed E-state index contributed by atoms with van der Waals surface area (Å²) < 4.78 is 0.